The lowest BCUT2D eigenvalue weighted by Gasteiger charge is -2.12. The summed E-state index contributed by atoms with van der Waals surface area (Å²) >= 11 is 6.24. The average Bonchev–Trinajstić information content (AvgIpc) is 2.52. The van der Waals surface area contributed by atoms with Crippen molar-refractivity contribution in [2.75, 3.05) is 7.11 Å². The molecule has 0 aliphatic rings. The summed E-state index contributed by atoms with van der Waals surface area (Å²) in [5, 5.41) is 0.988. The van der Waals surface area contributed by atoms with Crippen molar-refractivity contribution in [2.24, 2.45) is 0 Å². The minimum Gasteiger partial charge on any atom is -0.496 e. The maximum atomic E-state index is 12.7. The van der Waals surface area contributed by atoms with Crippen molar-refractivity contribution in [2.45, 2.75) is 6.92 Å². The maximum Gasteiger partial charge on any atom is 0.196 e. The predicted octanol–water partition coefficient (Wildman–Crippen LogP) is 4.17. The zero-order chi connectivity index (χ0) is 15.0. The van der Waals surface area contributed by atoms with Crippen molar-refractivity contribution >= 4 is 22.5 Å². The molecule has 0 amide bonds. The van der Waals surface area contributed by atoms with Crippen LogP contribution in [0, 0.1) is 6.92 Å². The van der Waals surface area contributed by atoms with Gasteiger partial charge in [0.2, 0.25) is 0 Å². The molecular formula is C17H14ClNO2. The first kappa shape index (κ1) is 13.7. The van der Waals surface area contributed by atoms with Gasteiger partial charge in [-0.2, -0.15) is 0 Å². The minimum atomic E-state index is -0.0676. The zero-order valence-corrected chi connectivity index (χ0v) is 12.5. The molecular weight excluding hydrogens is 286 g/mol. The van der Waals surface area contributed by atoms with Crippen LogP contribution in [0.25, 0.3) is 22.2 Å². The Morgan fingerprint density at radius 2 is 1.81 bits per heavy atom. The number of nitrogens with one attached hydrogen (secondary N) is 1. The first-order valence-electron chi connectivity index (χ1n) is 6.58. The van der Waals surface area contributed by atoms with Gasteiger partial charge in [0.15, 0.2) is 5.43 Å². The van der Waals surface area contributed by atoms with Gasteiger partial charge in [0.25, 0.3) is 0 Å². The van der Waals surface area contributed by atoms with Crippen molar-refractivity contribution in [1.29, 1.82) is 0 Å². The smallest absolute Gasteiger partial charge is 0.196 e. The van der Waals surface area contributed by atoms with Crippen LogP contribution in [0.1, 0.15) is 5.56 Å². The molecule has 0 fully saturated rings. The Hall–Kier alpha value is -2.26. The van der Waals surface area contributed by atoms with E-state index in [0.717, 1.165) is 11.3 Å². The van der Waals surface area contributed by atoms with Crippen molar-refractivity contribution in [3.63, 3.8) is 0 Å². The first-order chi connectivity index (χ1) is 10.1. The summed E-state index contributed by atoms with van der Waals surface area (Å²) in [5.41, 5.74) is 2.91. The monoisotopic (exact) mass is 299 g/mol. The summed E-state index contributed by atoms with van der Waals surface area (Å²) in [7, 11) is 1.54. The molecule has 0 aliphatic carbocycles. The molecule has 0 saturated heterocycles. The fourth-order valence-corrected chi connectivity index (χ4v) is 2.69. The van der Waals surface area contributed by atoms with E-state index in [1.54, 1.807) is 26.2 Å². The summed E-state index contributed by atoms with van der Waals surface area (Å²) < 4.78 is 5.29. The summed E-state index contributed by atoms with van der Waals surface area (Å²) in [6, 6.07) is 13.2. The van der Waals surface area contributed by atoms with Crippen LogP contribution in [0.5, 0.6) is 5.75 Å². The molecule has 4 heteroatoms. The Morgan fingerprint density at radius 3 is 2.48 bits per heavy atom. The summed E-state index contributed by atoms with van der Waals surface area (Å²) in [6.07, 6.45) is 0. The second kappa shape index (κ2) is 5.26. The van der Waals surface area contributed by atoms with Crippen LogP contribution in [-0.2, 0) is 0 Å². The van der Waals surface area contributed by atoms with Gasteiger partial charge in [0.1, 0.15) is 5.75 Å². The summed E-state index contributed by atoms with van der Waals surface area (Å²) in [4.78, 5) is 16.0. The van der Waals surface area contributed by atoms with E-state index in [9.17, 15) is 4.79 Å². The lowest BCUT2D eigenvalue weighted by atomic mass is 10.0. The molecule has 3 nitrogen and oxygen atoms in total. The van der Waals surface area contributed by atoms with E-state index in [2.05, 4.69) is 4.98 Å². The number of hydrogen-bond donors (Lipinski definition) is 1. The molecule has 3 rings (SSSR count). The third-order valence-electron chi connectivity index (χ3n) is 3.59. The van der Waals surface area contributed by atoms with E-state index in [4.69, 9.17) is 16.3 Å². The Bertz CT molecular complexity index is 869. The van der Waals surface area contributed by atoms with Gasteiger partial charge in [-0.25, -0.2) is 0 Å². The molecule has 0 unspecified atom stereocenters. The number of ether oxygens (including phenoxy) is 1. The quantitative estimate of drug-likeness (QED) is 0.772. The third-order valence-corrected chi connectivity index (χ3v) is 3.91. The normalized spacial score (nSPS) is 10.8. The van der Waals surface area contributed by atoms with Crippen LogP contribution in [0.3, 0.4) is 0 Å². The summed E-state index contributed by atoms with van der Waals surface area (Å²) in [5.74, 6) is 0.526. The van der Waals surface area contributed by atoms with E-state index in [0.29, 0.717) is 27.2 Å². The van der Waals surface area contributed by atoms with E-state index < -0.39 is 0 Å². The predicted molar refractivity (Wildman–Crippen MR) is 86.3 cm³/mol. The molecule has 106 valence electrons. The lowest BCUT2D eigenvalue weighted by molar-refractivity contribution is 0.419. The first-order valence-corrected chi connectivity index (χ1v) is 6.95. The molecule has 0 saturated carbocycles. The molecule has 0 atom stereocenters. The third kappa shape index (κ3) is 2.20. The second-order valence-corrected chi connectivity index (χ2v) is 5.23. The number of benzene rings is 2. The Labute approximate surface area is 127 Å². The number of aromatic nitrogens is 1. The number of aromatic amines is 1. The molecule has 1 N–H and O–H groups in total. The zero-order valence-electron chi connectivity index (χ0n) is 11.7. The maximum absolute atomic E-state index is 12.7. The number of halogens is 1. The van der Waals surface area contributed by atoms with E-state index in [-0.39, 0.29) is 5.43 Å². The van der Waals surface area contributed by atoms with E-state index in [1.165, 1.54) is 0 Å². The Balaban J connectivity index is 2.44. The highest BCUT2D eigenvalue weighted by Gasteiger charge is 2.15. The highest BCUT2D eigenvalue weighted by molar-refractivity contribution is 6.35. The van der Waals surface area contributed by atoms with Gasteiger partial charge in [0.05, 0.1) is 28.7 Å². The van der Waals surface area contributed by atoms with Crippen LogP contribution in [-0.4, -0.2) is 12.1 Å². The van der Waals surface area contributed by atoms with Crippen molar-refractivity contribution in [1.82, 2.24) is 4.98 Å². The fraction of sp³-hybridized carbons (Fsp3) is 0.118. The van der Waals surface area contributed by atoms with Crippen molar-refractivity contribution < 1.29 is 4.74 Å². The number of H-pyrrole nitrogens is 1. The van der Waals surface area contributed by atoms with Gasteiger partial charge in [-0.1, -0.05) is 41.9 Å². The van der Waals surface area contributed by atoms with Crippen LogP contribution in [0.15, 0.2) is 47.3 Å². The van der Waals surface area contributed by atoms with Crippen LogP contribution >= 0.6 is 11.6 Å². The topological polar surface area (TPSA) is 42.1 Å². The SMILES string of the molecule is COc1ccc(Cl)c2[nH]c(-c3ccccc3)c(C)c(=O)c12. The number of rotatable bonds is 2. The van der Waals surface area contributed by atoms with Gasteiger partial charge in [0, 0.05) is 5.56 Å². The highest BCUT2D eigenvalue weighted by Crippen LogP contribution is 2.31. The molecule has 3 aromatic rings. The van der Waals surface area contributed by atoms with Crippen LogP contribution < -0.4 is 10.2 Å². The number of pyridine rings is 1. The molecule has 0 aliphatic heterocycles. The Kier molecular flexibility index (Phi) is 3.43. The largest absolute Gasteiger partial charge is 0.496 e. The van der Waals surface area contributed by atoms with E-state index in [1.807, 2.05) is 30.3 Å². The van der Waals surface area contributed by atoms with Gasteiger partial charge in [-0.15, -0.1) is 0 Å². The fourth-order valence-electron chi connectivity index (χ4n) is 2.49. The summed E-state index contributed by atoms with van der Waals surface area (Å²) in [6.45, 7) is 1.81. The van der Waals surface area contributed by atoms with Gasteiger partial charge >= 0.3 is 0 Å². The van der Waals surface area contributed by atoms with Crippen LogP contribution in [0.4, 0.5) is 0 Å². The lowest BCUT2D eigenvalue weighted by Crippen LogP contribution is -2.11. The molecule has 2 aromatic carbocycles. The second-order valence-electron chi connectivity index (χ2n) is 4.82. The molecule has 1 aromatic heterocycles. The van der Waals surface area contributed by atoms with Gasteiger partial charge in [-0.05, 0) is 24.6 Å². The molecule has 21 heavy (non-hydrogen) atoms. The van der Waals surface area contributed by atoms with Crippen LogP contribution in [0.2, 0.25) is 5.02 Å². The van der Waals surface area contributed by atoms with Crippen molar-refractivity contribution in [3.05, 3.63) is 63.3 Å². The molecule has 0 spiro atoms. The van der Waals surface area contributed by atoms with Gasteiger partial charge in [-0.3, -0.25) is 4.79 Å². The molecule has 0 bridgehead atoms. The van der Waals surface area contributed by atoms with Gasteiger partial charge < -0.3 is 9.72 Å². The van der Waals surface area contributed by atoms with E-state index >= 15 is 0 Å². The number of fused-ring (bicyclic) bond motifs is 1. The number of hydrogen-bond acceptors (Lipinski definition) is 2. The number of methoxy groups -OCH3 is 1. The highest BCUT2D eigenvalue weighted by atomic mass is 35.5. The Morgan fingerprint density at radius 1 is 1.10 bits per heavy atom. The molecule has 0 radical (unpaired) electrons. The van der Waals surface area contributed by atoms with Crippen molar-refractivity contribution in [3.8, 4) is 17.0 Å². The minimum absolute atomic E-state index is 0.0676. The standard InChI is InChI=1S/C17H14ClNO2/c1-10-15(11-6-4-3-5-7-11)19-16-12(18)8-9-13(21-2)14(16)17(10)20/h3-9H,1-2H3,(H,19,20). The average molecular weight is 300 g/mol. The molecule has 1 heterocycles.